The van der Waals surface area contributed by atoms with Crippen LogP contribution < -0.4 is 5.32 Å². The molecule has 0 spiro atoms. The van der Waals surface area contributed by atoms with Gasteiger partial charge < -0.3 is 5.32 Å². The predicted octanol–water partition coefficient (Wildman–Crippen LogP) is 3.38. The Morgan fingerprint density at radius 1 is 1.36 bits per heavy atom. The summed E-state index contributed by atoms with van der Waals surface area (Å²) in [6, 6.07) is 2.02. The van der Waals surface area contributed by atoms with Gasteiger partial charge in [0.2, 0.25) is 0 Å². The van der Waals surface area contributed by atoms with Gasteiger partial charge in [0.15, 0.2) is 5.65 Å². The van der Waals surface area contributed by atoms with Gasteiger partial charge in [-0.15, -0.1) is 0 Å². The van der Waals surface area contributed by atoms with E-state index in [1.807, 2.05) is 31.5 Å². The number of nitrogens with zero attached hydrogens (tertiary/aromatic N) is 3. The molecule has 22 heavy (non-hydrogen) atoms. The van der Waals surface area contributed by atoms with E-state index >= 15 is 0 Å². The molecule has 0 saturated carbocycles. The summed E-state index contributed by atoms with van der Waals surface area (Å²) in [5, 5.41) is 8.50. The Bertz CT molecular complexity index is 675. The van der Waals surface area contributed by atoms with Crippen molar-refractivity contribution in [3.8, 4) is 0 Å². The third kappa shape index (κ3) is 3.29. The zero-order chi connectivity index (χ0) is 16.3. The first kappa shape index (κ1) is 16.5. The van der Waals surface area contributed by atoms with Gasteiger partial charge in [-0.2, -0.15) is 5.10 Å². The molecular formula is C17H26N4O. The Morgan fingerprint density at radius 3 is 2.73 bits per heavy atom. The summed E-state index contributed by atoms with van der Waals surface area (Å²) in [5.41, 5.74) is 3.22. The number of carbonyl (C=O) groups is 1. The minimum atomic E-state index is -0.0389. The van der Waals surface area contributed by atoms with Crippen LogP contribution in [0.1, 0.15) is 61.8 Å². The minimum Gasteiger partial charge on any atom is -0.350 e. The molecule has 0 bridgehead atoms. The largest absolute Gasteiger partial charge is 0.350 e. The van der Waals surface area contributed by atoms with Crippen LogP contribution in [0, 0.1) is 13.8 Å². The van der Waals surface area contributed by atoms with E-state index in [1.54, 1.807) is 0 Å². The Hall–Kier alpha value is -1.91. The molecule has 2 heterocycles. The lowest BCUT2D eigenvalue weighted by atomic mass is 10.1. The normalized spacial score (nSPS) is 12.6. The highest BCUT2D eigenvalue weighted by atomic mass is 16.1. The van der Waals surface area contributed by atoms with E-state index in [9.17, 15) is 4.79 Å². The summed E-state index contributed by atoms with van der Waals surface area (Å²) >= 11 is 0. The van der Waals surface area contributed by atoms with E-state index in [-0.39, 0.29) is 11.9 Å². The van der Waals surface area contributed by atoms with Crippen molar-refractivity contribution >= 4 is 16.9 Å². The number of hydrogen-bond acceptors (Lipinski definition) is 3. The first-order valence-electron chi connectivity index (χ1n) is 8.13. The van der Waals surface area contributed by atoms with Crippen molar-refractivity contribution in [2.75, 3.05) is 0 Å². The second-order valence-electron chi connectivity index (χ2n) is 5.95. The van der Waals surface area contributed by atoms with Crippen LogP contribution in [0.3, 0.4) is 0 Å². The zero-order valence-electron chi connectivity index (χ0n) is 14.2. The van der Waals surface area contributed by atoms with Crippen LogP contribution in [0.2, 0.25) is 0 Å². The van der Waals surface area contributed by atoms with E-state index < -0.39 is 0 Å². The lowest BCUT2D eigenvalue weighted by molar-refractivity contribution is 0.0940. The van der Waals surface area contributed by atoms with Crippen LogP contribution in [0.4, 0.5) is 0 Å². The highest BCUT2D eigenvalue weighted by Crippen LogP contribution is 2.22. The smallest absolute Gasteiger partial charge is 0.252 e. The number of hydrogen-bond donors (Lipinski definition) is 1. The molecule has 2 aromatic heterocycles. The minimum absolute atomic E-state index is 0.0389. The molecule has 0 radical (unpaired) electrons. The molecule has 120 valence electrons. The third-order valence-electron chi connectivity index (χ3n) is 3.96. The van der Waals surface area contributed by atoms with Crippen molar-refractivity contribution < 1.29 is 4.79 Å². The highest BCUT2D eigenvalue weighted by Gasteiger charge is 2.19. The van der Waals surface area contributed by atoms with Gasteiger partial charge in [-0.1, -0.05) is 20.3 Å². The van der Waals surface area contributed by atoms with Gasteiger partial charge in [-0.05, 0) is 39.7 Å². The number of rotatable bonds is 6. The van der Waals surface area contributed by atoms with Crippen molar-refractivity contribution in [3.63, 3.8) is 0 Å². The van der Waals surface area contributed by atoms with Crippen LogP contribution in [0.25, 0.3) is 11.0 Å². The molecule has 2 rings (SSSR count). The van der Waals surface area contributed by atoms with Crippen molar-refractivity contribution in [1.29, 1.82) is 0 Å². The number of pyridine rings is 1. The van der Waals surface area contributed by atoms with Crippen LogP contribution in [0.5, 0.6) is 0 Å². The van der Waals surface area contributed by atoms with Crippen molar-refractivity contribution in [3.05, 3.63) is 23.0 Å². The summed E-state index contributed by atoms with van der Waals surface area (Å²) in [5.74, 6) is -0.0389. The second kappa shape index (κ2) is 6.90. The number of unbranched alkanes of at least 4 members (excludes halogenated alkanes) is 1. The van der Waals surface area contributed by atoms with Crippen molar-refractivity contribution in [1.82, 2.24) is 20.1 Å². The molecule has 0 unspecified atom stereocenters. The molecule has 0 saturated heterocycles. The molecule has 0 aliphatic heterocycles. The molecule has 2 aromatic rings. The van der Waals surface area contributed by atoms with Gasteiger partial charge in [0.1, 0.15) is 0 Å². The topological polar surface area (TPSA) is 59.8 Å². The van der Waals surface area contributed by atoms with Crippen molar-refractivity contribution in [2.24, 2.45) is 0 Å². The average molecular weight is 302 g/mol. The summed E-state index contributed by atoms with van der Waals surface area (Å²) < 4.78 is 1.93. The number of aryl methyl sites for hydroxylation is 3. The average Bonchev–Trinajstić information content (AvgIpc) is 2.80. The van der Waals surface area contributed by atoms with E-state index in [2.05, 4.69) is 29.2 Å². The number of aromatic nitrogens is 3. The zero-order valence-corrected chi connectivity index (χ0v) is 14.2. The molecule has 0 aliphatic carbocycles. The van der Waals surface area contributed by atoms with Crippen LogP contribution >= 0.6 is 0 Å². The quantitative estimate of drug-likeness (QED) is 0.890. The SMILES string of the molecule is CCCCn1nc(C)c2c(C(=O)N[C@@H](C)CC)cc(C)nc21. The first-order chi connectivity index (χ1) is 10.5. The van der Waals surface area contributed by atoms with Gasteiger partial charge in [0, 0.05) is 18.3 Å². The van der Waals surface area contributed by atoms with Crippen LogP contribution in [-0.2, 0) is 6.54 Å². The molecule has 1 N–H and O–H groups in total. The van der Waals surface area contributed by atoms with Gasteiger partial charge in [0.05, 0.1) is 16.6 Å². The Balaban J connectivity index is 2.50. The molecule has 5 heteroatoms. The highest BCUT2D eigenvalue weighted by molar-refractivity contribution is 6.06. The van der Waals surface area contributed by atoms with Gasteiger partial charge in [0.25, 0.3) is 5.91 Å². The molecule has 5 nitrogen and oxygen atoms in total. The maximum absolute atomic E-state index is 12.6. The summed E-state index contributed by atoms with van der Waals surface area (Å²) in [7, 11) is 0. The molecule has 0 fully saturated rings. The molecule has 0 aliphatic rings. The second-order valence-corrected chi connectivity index (χ2v) is 5.95. The maximum atomic E-state index is 12.6. The summed E-state index contributed by atoms with van der Waals surface area (Å²) in [4.78, 5) is 17.2. The first-order valence-corrected chi connectivity index (χ1v) is 8.13. The maximum Gasteiger partial charge on any atom is 0.252 e. The Morgan fingerprint density at radius 2 is 2.09 bits per heavy atom. The Kier molecular flexibility index (Phi) is 5.16. The molecule has 0 aromatic carbocycles. The van der Waals surface area contributed by atoms with E-state index in [0.29, 0.717) is 5.56 Å². The standard InChI is InChI=1S/C17H26N4O/c1-6-8-9-21-16-15(13(5)20-21)14(10-12(4)18-16)17(22)19-11(3)7-2/h10-11H,6-9H2,1-5H3,(H,19,22)/t11-/m0/s1. The Labute approximate surface area is 132 Å². The van der Waals surface area contributed by atoms with E-state index in [4.69, 9.17) is 0 Å². The molecular weight excluding hydrogens is 276 g/mol. The van der Waals surface area contributed by atoms with Crippen LogP contribution in [0.15, 0.2) is 6.07 Å². The fourth-order valence-electron chi connectivity index (χ4n) is 2.53. The number of amides is 1. The lowest BCUT2D eigenvalue weighted by Gasteiger charge is -2.12. The fraction of sp³-hybridized carbons (Fsp3) is 0.588. The van der Waals surface area contributed by atoms with Crippen molar-refractivity contribution in [2.45, 2.75) is 66.5 Å². The number of nitrogens with one attached hydrogen (secondary N) is 1. The summed E-state index contributed by atoms with van der Waals surface area (Å²) in [6.45, 7) is 10.9. The van der Waals surface area contributed by atoms with E-state index in [0.717, 1.165) is 48.2 Å². The predicted molar refractivity (Wildman–Crippen MR) is 89.1 cm³/mol. The van der Waals surface area contributed by atoms with Gasteiger partial charge in [-0.3, -0.25) is 4.79 Å². The fourth-order valence-corrected chi connectivity index (χ4v) is 2.53. The summed E-state index contributed by atoms with van der Waals surface area (Å²) in [6.07, 6.45) is 3.07. The third-order valence-corrected chi connectivity index (χ3v) is 3.96. The molecule has 1 amide bonds. The van der Waals surface area contributed by atoms with Gasteiger partial charge >= 0.3 is 0 Å². The molecule has 1 atom stereocenters. The van der Waals surface area contributed by atoms with E-state index in [1.165, 1.54) is 0 Å². The number of carbonyl (C=O) groups excluding carboxylic acids is 1. The number of fused-ring (bicyclic) bond motifs is 1. The van der Waals surface area contributed by atoms with Gasteiger partial charge in [-0.25, -0.2) is 9.67 Å². The lowest BCUT2D eigenvalue weighted by Crippen LogP contribution is -2.32. The van der Waals surface area contributed by atoms with Crippen LogP contribution in [-0.4, -0.2) is 26.7 Å². The monoisotopic (exact) mass is 302 g/mol.